The average molecular weight is 509 g/mol. The number of sulfonamides is 1. The van der Waals surface area contributed by atoms with Crippen LogP contribution in [0.4, 0.5) is 23.0 Å². The first-order valence-corrected chi connectivity index (χ1v) is 12.5. The third kappa shape index (κ3) is 5.84. The van der Waals surface area contributed by atoms with Crippen molar-refractivity contribution in [3.05, 3.63) is 66.5 Å². The van der Waals surface area contributed by atoms with Gasteiger partial charge in [-0.25, -0.2) is 23.1 Å². The Morgan fingerprint density at radius 2 is 1.61 bits per heavy atom. The molecule has 0 spiro atoms. The quantitative estimate of drug-likeness (QED) is 0.444. The van der Waals surface area contributed by atoms with Gasteiger partial charge in [0.2, 0.25) is 23.7 Å². The molecule has 0 radical (unpaired) electrons. The third-order valence-electron chi connectivity index (χ3n) is 5.45. The molecule has 1 aliphatic rings. The van der Waals surface area contributed by atoms with Crippen molar-refractivity contribution in [2.75, 3.05) is 26.8 Å². The number of rotatable bonds is 7. The number of anilines is 4. The van der Waals surface area contributed by atoms with Crippen LogP contribution in [0.2, 0.25) is 0 Å². The van der Waals surface area contributed by atoms with E-state index in [2.05, 4.69) is 25.3 Å². The Kier molecular flexibility index (Phi) is 6.97. The van der Waals surface area contributed by atoms with E-state index < -0.39 is 15.9 Å². The zero-order chi connectivity index (χ0) is 25.9. The number of carbonyl (C=O) groups excluding carboxylic acids is 3. The highest BCUT2D eigenvalue weighted by molar-refractivity contribution is 7.92. The smallest absolute Gasteiger partial charge is 0.264 e. The second-order valence-corrected chi connectivity index (χ2v) is 9.96. The minimum absolute atomic E-state index is 0.0180. The van der Waals surface area contributed by atoms with Crippen LogP contribution >= 0.6 is 0 Å². The van der Waals surface area contributed by atoms with Crippen LogP contribution in [0.3, 0.4) is 0 Å². The fraction of sp³-hybridized carbons (Fsp3) is 0.208. The highest BCUT2D eigenvalue weighted by Gasteiger charge is 2.35. The normalized spacial score (nSPS) is 15.4. The number of amides is 3. The molecule has 0 aliphatic carbocycles. The molecule has 0 saturated carbocycles. The molecule has 1 atom stereocenters. The highest BCUT2D eigenvalue weighted by atomic mass is 32.2. The van der Waals surface area contributed by atoms with Crippen LogP contribution in [0, 0.1) is 12.8 Å². The Morgan fingerprint density at radius 1 is 0.972 bits per heavy atom. The third-order valence-corrected chi connectivity index (χ3v) is 6.79. The first kappa shape index (κ1) is 24.8. The lowest BCUT2D eigenvalue weighted by atomic mass is 10.1. The summed E-state index contributed by atoms with van der Waals surface area (Å²) < 4.78 is 27.5. The Hall–Kier alpha value is -4.32. The van der Waals surface area contributed by atoms with Crippen molar-refractivity contribution in [2.45, 2.75) is 25.2 Å². The van der Waals surface area contributed by atoms with Crippen molar-refractivity contribution in [2.24, 2.45) is 5.92 Å². The molecule has 11 nitrogen and oxygen atoms in total. The monoisotopic (exact) mass is 508 g/mol. The van der Waals surface area contributed by atoms with Crippen LogP contribution in [0.15, 0.2) is 65.7 Å². The van der Waals surface area contributed by atoms with Gasteiger partial charge in [-0.05, 0) is 61.5 Å². The van der Waals surface area contributed by atoms with Crippen molar-refractivity contribution in [3.63, 3.8) is 0 Å². The molecular weight excluding hydrogens is 484 g/mol. The number of hydrogen-bond donors (Lipinski definition) is 3. The Morgan fingerprint density at radius 3 is 2.25 bits per heavy atom. The van der Waals surface area contributed by atoms with Gasteiger partial charge in [0, 0.05) is 48.8 Å². The molecule has 0 bridgehead atoms. The lowest BCUT2D eigenvalue weighted by Gasteiger charge is -2.17. The second kappa shape index (κ2) is 10.1. The number of aryl methyl sites for hydroxylation is 1. The van der Waals surface area contributed by atoms with Gasteiger partial charge in [0.05, 0.1) is 10.8 Å². The summed E-state index contributed by atoms with van der Waals surface area (Å²) in [5, 5.41) is 5.40. The van der Waals surface area contributed by atoms with E-state index >= 15 is 0 Å². The number of aromatic nitrogens is 2. The maximum atomic E-state index is 12.8. The molecule has 1 aliphatic heterocycles. The summed E-state index contributed by atoms with van der Waals surface area (Å²) in [6, 6.07) is 14.1. The number of benzene rings is 2. The van der Waals surface area contributed by atoms with Crippen LogP contribution in [-0.2, 0) is 24.4 Å². The van der Waals surface area contributed by atoms with Gasteiger partial charge in [-0.15, -0.1) is 0 Å². The molecule has 4 rings (SSSR count). The number of nitrogens with zero attached hydrogens (tertiary/aromatic N) is 3. The van der Waals surface area contributed by atoms with Gasteiger partial charge in [-0.3, -0.25) is 14.4 Å². The first-order valence-electron chi connectivity index (χ1n) is 11.0. The van der Waals surface area contributed by atoms with Crippen LogP contribution in [0.25, 0.3) is 0 Å². The molecule has 3 amide bonds. The largest absolute Gasteiger partial charge is 0.326 e. The van der Waals surface area contributed by atoms with Crippen LogP contribution in [0.1, 0.15) is 19.0 Å². The summed E-state index contributed by atoms with van der Waals surface area (Å²) in [7, 11) is -3.91. The molecule has 12 heteroatoms. The highest BCUT2D eigenvalue weighted by Crippen LogP contribution is 2.27. The van der Waals surface area contributed by atoms with E-state index in [9.17, 15) is 22.8 Å². The fourth-order valence-corrected chi connectivity index (χ4v) is 4.65. The molecule has 1 fully saturated rings. The van der Waals surface area contributed by atoms with Crippen molar-refractivity contribution in [3.8, 4) is 0 Å². The van der Waals surface area contributed by atoms with Gasteiger partial charge in [0.1, 0.15) is 0 Å². The van der Waals surface area contributed by atoms with Gasteiger partial charge < -0.3 is 15.5 Å². The Balaban J connectivity index is 1.37. The molecule has 3 N–H and O–H groups in total. The molecule has 1 unspecified atom stereocenters. The van der Waals surface area contributed by atoms with Crippen molar-refractivity contribution >= 4 is 50.8 Å². The van der Waals surface area contributed by atoms with E-state index in [0.29, 0.717) is 22.8 Å². The Bertz CT molecular complexity index is 1410. The molecule has 2 heterocycles. The van der Waals surface area contributed by atoms with Crippen molar-refractivity contribution in [1.82, 2.24) is 9.97 Å². The summed E-state index contributed by atoms with van der Waals surface area (Å²) in [5.41, 5.74) is 2.26. The standard InChI is InChI=1S/C24H24N6O5S/c1-15-11-12-25-24(26-15)29-36(34,35)21-9-5-19(6-10-21)28-23(33)17-13-22(32)30(14-17)20-7-3-18(4-8-20)27-16(2)31/h3-12,17H,13-14H2,1-2H3,(H,27,31)(H,28,33)(H,25,26,29). The first-order chi connectivity index (χ1) is 17.1. The van der Waals surface area contributed by atoms with E-state index in [1.165, 1.54) is 42.3 Å². The van der Waals surface area contributed by atoms with Gasteiger partial charge in [0.15, 0.2) is 0 Å². The maximum absolute atomic E-state index is 12.8. The minimum Gasteiger partial charge on any atom is -0.326 e. The second-order valence-electron chi connectivity index (χ2n) is 8.27. The van der Waals surface area contributed by atoms with Gasteiger partial charge in [0.25, 0.3) is 10.0 Å². The molecule has 2 aromatic carbocycles. The maximum Gasteiger partial charge on any atom is 0.264 e. The van der Waals surface area contributed by atoms with Gasteiger partial charge >= 0.3 is 0 Å². The van der Waals surface area contributed by atoms with Gasteiger partial charge in [-0.2, -0.15) is 0 Å². The number of carbonyl (C=O) groups is 3. The van der Waals surface area contributed by atoms with E-state index in [4.69, 9.17) is 0 Å². The molecular formula is C24H24N6O5S. The summed E-state index contributed by atoms with van der Waals surface area (Å²) >= 11 is 0. The summed E-state index contributed by atoms with van der Waals surface area (Å²) in [6.45, 7) is 3.33. The lowest BCUT2D eigenvalue weighted by molar-refractivity contribution is -0.122. The zero-order valence-corrected chi connectivity index (χ0v) is 20.4. The van der Waals surface area contributed by atoms with Gasteiger partial charge in [-0.1, -0.05) is 0 Å². The lowest BCUT2D eigenvalue weighted by Crippen LogP contribution is -2.28. The van der Waals surface area contributed by atoms with E-state index in [1.807, 2.05) is 0 Å². The topological polar surface area (TPSA) is 150 Å². The summed E-state index contributed by atoms with van der Waals surface area (Å²) in [4.78, 5) is 45.9. The SMILES string of the molecule is CC(=O)Nc1ccc(N2CC(C(=O)Nc3ccc(S(=O)(=O)Nc4nccc(C)n4)cc3)CC2=O)cc1. The molecule has 3 aromatic rings. The Labute approximate surface area is 208 Å². The predicted octanol–water partition coefficient (Wildman–Crippen LogP) is 2.54. The van der Waals surface area contributed by atoms with E-state index in [-0.39, 0.29) is 41.5 Å². The van der Waals surface area contributed by atoms with Crippen LogP contribution < -0.4 is 20.3 Å². The van der Waals surface area contributed by atoms with Crippen molar-refractivity contribution in [1.29, 1.82) is 0 Å². The van der Waals surface area contributed by atoms with Crippen molar-refractivity contribution < 1.29 is 22.8 Å². The fourth-order valence-electron chi connectivity index (χ4n) is 3.70. The van der Waals surface area contributed by atoms with E-state index in [0.717, 1.165) is 0 Å². The summed E-state index contributed by atoms with van der Waals surface area (Å²) in [5.74, 6) is -1.33. The molecule has 1 saturated heterocycles. The van der Waals surface area contributed by atoms with E-state index in [1.54, 1.807) is 37.3 Å². The van der Waals surface area contributed by atoms with Crippen LogP contribution in [0.5, 0.6) is 0 Å². The average Bonchev–Trinajstić information content (AvgIpc) is 3.21. The minimum atomic E-state index is -3.91. The summed E-state index contributed by atoms with van der Waals surface area (Å²) in [6.07, 6.45) is 1.50. The predicted molar refractivity (Wildman–Crippen MR) is 134 cm³/mol. The number of nitrogens with one attached hydrogen (secondary N) is 3. The molecule has 1 aromatic heterocycles. The molecule has 186 valence electrons. The zero-order valence-electron chi connectivity index (χ0n) is 19.6. The van der Waals surface area contributed by atoms with Crippen LogP contribution in [-0.4, -0.2) is 42.7 Å². The number of hydrogen-bond acceptors (Lipinski definition) is 7. The molecule has 36 heavy (non-hydrogen) atoms.